The molecule has 2 aliphatic rings. The molecular weight excluding hydrogens is 354 g/mol. The lowest BCUT2D eigenvalue weighted by Crippen LogP contribution is -2.42. The van der Waals surface area contributed by atoms with Gasteiger partial charge in [0.05, 0.1) is 6.54 Å². The molecular formula is C22H25N3O3. The number of aromatic nitrogens is 1. The Morgan fingerprint density at radius 2 is 1.96 bits per heavy atom. The predicted molar refractivity (Wildman–Crippen MR) is 105 cm³/mol. The molecule has 1 spiro atoms. The van der Waals surface area contributed by atoms with E-state index in [1.165, 1.54) is 0 Å². The van der Waals surface area contributed by atoms with Gasteiger partial charge in [0.25, 0.3) is 5.91 Å². The number of rotatable bonds is 5. The zero-order chi connectivity index (χ0) is 20.1. The van der Waals surface area contributed by atoms with Crippen LogP contribution in [0.2, 0.25) is 0 Å². The number of carbonyl (C=O) groups excluding carboxylic acids is 3. The highest BCUT2D eigenvalue weighted by molar-refractivity contribution is 6.12. The van der Waals surface area contributed by atoms with Gasteiger partial charge in [0.1, 0.15) is 5.54 Å². The molecule has 146 valence electrons. The highest BCUT2D eigenvalue weighted by Gasteiger charge is 2.55. The van der Waals surface area contributed by atoms with E-state index in [1.807, 2.05) is 44.2 Å². The molecule has 3 amide bonds. The van der Waals surface area contributed by atoms with Gasteiger partial charge in [-0.25, -0.2) is 4.79 Å². The molecule has 1 aromatic heterocycles. The first-order valence-electron chi connectivity index (χ1n) is 9.81. The molecule has 1 aromatic carbocycles. The van der Waals surface area contributed by atoms with Gasteiger partial charge in [0.2, 0.25) is 0 Å². The number of aryl methyl sites for hydroxylation is 2. The molecule has 1 N–H and O–H groups in total. The lowest BCUT2D eigenvalue weighted by molar-refractivity contribution is -0.131. The van der Waals surface area contributed by atoms with Crippen molar-refractivity contribution in [2.24, 2.45) is 0 Å². The molecule has 0 bridgehead atoms. The predicted octanol–water partition coefficient (Wildman–Crippen LogP) is 3.09. The molecule has 4 rings (SSSR count). The van der Waals surface area contributed by atoms with Gasteiger partial charge in [-0.2, -0.15) is 0 Å². The Balaban J connectivity index is 1.60. The maximum atomic E-state index is 13.2. The van der Waals surface area contributed by atoms with Crippen LogP contribution in [-0.4, -0.2) is 33.7 Å². The van der Waals surface area contributed by atoms with E-state index in [0.29, 0.717) is 12.0 Å². The number of nitrogens with zero attached hydrogens (tertiary/aromatic N) is 2. The quantitative estimate of drug-likeness (QED) is 0.641. The van der Waals surface area contributed by atoms with E-state index in [0.717, 1.165) is 46.8 Å². The highest BCUT2D eigenvalue weighted by atomic mass is 16.2. The van der Waals surface area contributed by atoms with Crippen LogP contribution >= 0.6 is 0 Å². The van der Waals surface area contributed by atoms with E-state index < -0.39 is 11.6 Å². The average Bonchev–Trinajstić information content (AvgIpc) is 3.27. The molecule has 0 saturated carbocycles. The normalized spacial score (nSPS) is 20.8. The molecule has 1 saturated heterocycles. The summed E-state index contributed by atoms with van der Waals surface area (Å²) in [7, 11) is 0. The Bertz CT molecular complexity index is 991. The first-order chi connectivity index (χ1) is 13.4. The number of ketones is 1. The third-order valence-electron chi connectivity index (χ3n) is 6.05. The van der Waals surface area contributed by atoms with Crippen LogP contribution in [0.5, 0.6) is 0 Å². The van der Waals surface area contributed by atoms with Crippen molar-refractivity contribution in [2.75, 3.05) is 6.54 Å². The molecule has 0 radical (unpaired) electrons. The first kappa shape index (κ1) is 18.5. The van der Waals surface area contributed by atoms with Gasteiger partial charge < -0.3 is 9.88 Å². The number of carbonyl (C=O) groups is 3. The molecule has 28 heavy (non-hydrogen) atoms. The van der Waals surface area contributed by atoms with Crippen molar-refractivity contribution < 1.29 is 14.4 Å². The van der Waals surface area contributed by atoms with Crippen LogP contribution < -0.4 is 5.32 Å². The minimum atomic E-state index is -1.02. The Morgan fingerprint density at radius 1 is 1.21 bits per heavy atom. The number of benzene rings is 1. The minimum absolute atomic E-state index is 0.206. The van der Waals surface area contributed by atoms with Gasteiger partial charge in [-0.3, -0.25) is 14.5 Å². The van der Waals surface area contributed by atoms with Gasteiger partial charge in [0, 0.05) is 23.5 Å². The molecule has 1 unspecified atom stereocenters. The van der Waals surface area contributed by atoms with Crippen molar-refractivity contribution in [3.8, 4) is 0 Å². The summed E-state index contributed by atoms with van der Waals surface area (Å²) in [4.78, 5) is 39.9. The van der Waals surface area contributed by atoms with Crippen LogP contribution in [-0.2, 0) is 23.3 Å². The monoisotopic (exact) mass is 379 g/mol. The standard InChI is InChI=1S/C22H25N3O3/c1-4-11-24-14(2)12-17(15(24)3)19(26)13-25-20(27)22(23-21(25)28)10-9-16-7-5-6-8-18(16)22/h5-8,12H,4,9-11,13H2,1-3H3,(H,23,28). The molecule has 1 aliphatic carbocycles. The molecule has 1 fully saturated rings. The van der Waals surface area contributed by atoms with Crippen LogP contribution in [0.3, 0.4) is 0 Å². The van der Waals surface area contributed by atoms with Crippen molar-refractivity contribution in [2.45, 2.75) is 52.1 Å². The second kappa shape index (κ2) is 6.62. The number of amides is 3. The van der Waals surface area contributed by atoms with E-state index in [4.69, 9.17) is 0 Å². The van der Waals surface area contributed by atoms with Crippen LogP contribution in [0, 0.1) is 13.8 Å². The summed E-state index contributed by atoms with van der Waals surface area (Å²) in [6.07, 6.45) is 2.24. The maximum Gasteiger partial charge on any atom is 0.325 e. The van der Waals surface area contributed by atoms with Gasteiger partial charge in [-0.1, -0.05) is 31.2 Å². The summed E-state index contributed by atoms with van der Waals surface area (Å²) < 4.78 is 2.10. The molecule has 1 atom stereocenters. The third kappa shape index (κ3) is 2.58. The lowest BCUT2D eigenvalue weighted by atomic mass is 9.92. The van der Waals surface area contributed by atoms with Crippen molar-refractivity contribution in [3.05, 3.63) is 58.4 Å². The Morgan fingerprint density at radius 3 is 2.71 bits per heavy atom. The van der Waals surface area contributed by atoms with Gasteiger partial charge in [0.15, 0.2) is 5.78 Å². The van der Waals surface area contributed by atoms with Crippen LogP contribution in [0.1, 0.15) is 52.6 Å². The molecule has 2 heterocycles. The summed E-state index contributed by atoms with van der Waals surface area (Å²) in [5.74, 6) is -0.527. The average molecular weight is 379 g/mol. The number of hydrogen-bond donors (Lipinski definition) is 1. The van der Waals surface area contributed by atoms with E-state index >= 15 is 0 Å². The van der Waals surface area contributed by atoms with Gasteiger partial charge in [-0.05, 0) is 50.3 Å². The van der Waals surface area contributed by atoms with Crippen LogP contribution in [0.4, 0.5) is 4.79 Å². The number of fused-ring (bicyclic) bond motifs is 2. The lowest BCUT2D eigenvalue weighted by Gasteiger charge is -2.22. The van der Waals surface area contributed by atoms with Crippen molar-refractivity contribution >= 4 is 17.7 Å². The summed E-state index contributed by atoms with van der Waals surface area (Å²) in [6, 6.07) is 9.06. The Hall–Kier alpha value is -2.89. The van der Waals surface area contributed by atoms with E-state index in [2.05, 4.69) is 16.8 Å². The molecule has 6 nitrogen and oxygen atoms in total. The zero-order valence-electron chi connectivity index (χ0n) is 16.5. The fraction of sp³-hybridized carbons (Fsp3) is 0.409. The van der Waals surface area contributed by atoms with E-state index in [1.54, 1.807) is 0 Å². The second-order valence-electron chi connectivity index (χ2n) is 7.74. The summed E-state index contributed by atoms with van der Waals surface area (Å²) in [5, 5.41) is 2.87. The van der Waals surface area contributed by atoms with Crippen LogP contribution in [0.15, 0.2) is 30.3 Å². The SMILES string of the molecule is CCCn1c(C)cc(C(=O)CN2C(=O)NC3(CCc4ccccc43)C2=O)c1C. The second-order valence-corrected chi connectivity index (χ2v) is 7.74. The van der Waals surface area contributed by atoms with E-state index in [9.17, 15) is 14.4 Å². The Labute approximate surface area is 164 Å². The third-order valence-corrected chi connectivity index (χ3v) is 6.05. The zero-order valence-corrected chi connectivity index (χ0v) is 16.5. The fourth-order valence-corrected chi connectivity index (χ4v) is 4.61. The van der Waals surface area contributed by atoms with Crippen molar-refractivity contribution in [1.82, 2.24) is 14.8 Å². The topological polar surface area (TPSA) is 71.4 Å². The number of hydrogen-bond acceptors (Lipinski definition) is 3. The maximum absolute atomic E-state index is 13.2. The largest absolute Gasteiger partial charge is 0.348 e. The summed E-state index contributed by atoms with van der Waals surface area (Å²) in [6.45, 7) is 6.58. The van der Waals surface area contributed by atoms with Gasteiger partial charge >= 0.3 is 6.03 Å². The Kier molecular flexibility index (Phi) is 4.37. The van der Waals surface area contributed by atoms with Gasteiger partial charge in [-0.15, -0.1) is 0 Å². The summed E-state index contributed by atoms with van der Waals surface area (Å²) in [5.41, 5.74) is 3.39. The highest BCUT2D eigenvalue weighted by Crippen LogP contribution is 2.41. The number of imide groups is 1. The number of nitrogens with one attached hydrogen (secondary N) is 1. The minimum Gasteiger partial charge on any atom is -0.348 e. The smallest absolute Gasteiger partial charge is 0.325 e. The van der Waals surface area contributed by atoms with Crippen molar-refractivity contribution in [1.29, 1.82) is 0 Å². The fourth-order valence-electron chi connectivity index (χ4n) is 4.61. The summed E-state index contributed by atoms with van der Waals surface area (Å²) >= 11 is 0. The molecule has 6 heteroatoms. The number of Topliss-reactive ketones (excluding diaryl/α,β-unsaturated/α-hetero) is 1. The molecule has 1 aliphatic heterocycles. The first-order valence-corrected chi connectivity index (χ1v) is 9.81. The molecule has 2 aromatic rings. The van der Waals surface area contributed by atoms with Crippen LogP contribution in [0.25, 0.3) is 0 Å². The van der Waals surface area contributed by atoms with E-state index in [-0.39, 0.29) is 18.2 Å². The number of urea groups is 1. The van der Waals surface area contributed by atoms with Crippen molar-refractivity contribution in [3.63, 3.8) is 0 Å².